The summed E-state index contributed by atoms with van der Waals surface area (Å²) in [7, 11) is 0. The van der Waals surface area contributed by atoms with Gasteiger partial charge in [-0.15, -0.1) is 0 Å². The predicted octanol–water partition coefficient (Wildman–Crippen LogP) is 1.86. The van der Waals surface area contributed by atoms with Gasteiger partial charge in [-0.3, -0.25) is 0 Å². The van der Waals surface area contributed by atoms with Crippen LogP contribution in [0.2, 0.25) is 0 Å². The zero-order valence-corrected chi connectivity index (χ0v) is 5.31. The van der Waals surface area contributed by atoms with E-state index in [0.717, 1.165) is 26.1 Å². The number of morpholine rings is 1. The van der Waals surface area contributed by atoms with Crippen molar-refractivity contribution in [3.8, 4) is 0 Å². The van der Waals surface area contributed by atoms with Crippen molar-refractivity contribution in [2.45, 2.75) is 19.4 Å². The third kappa shape index (κ3) is 1.46. The van der Waals surface area contributed by atoms with Crippen LogP contribution in [0.3, 0.4) is 0 Å². The minimum Gasteiger partial charge on any atom is -0.376 e. The molecule has 1 aliphatic rings. The average molecular weight is 138 g/mol. The molecule has 1 atom stereocenters. The van der Waals surface area contributed by atoms with Crippen molar-refractivity contribution in [1.82, 2.24) is 5.32 Å². The molecule has 0 radical (unpaired) electrons. The monoisotopic (exact) mass is 138 g/mol. The normalized spacial score (nSPS) is 35.4. The summed E-state index contributed by atoms with van der Waals surface area (Å²) in [6, 6.07) is 0. The molecule has 0 saturated carbocycles. The van der Waals surface area contributed by atoms with E-state index < -0.39 is 0 Å². The topological polar surface area (TPSA) is 21.3 Å². The molecule has 0 aromatic heterocycles. The lowest BCUT2D eigenvalue weighted by Crippen LogP contribution is -2.37. The van der Waals surface area contributed by atoms with E-state index in [1.165, 1.54) is 0 Å². The SMILES string of the molecule is CCC1CNCCO1.[2HH].[2H][2H].[2H][2H].[2H][2H].[2H][2H].[2H][2H]. The third-order valence-corrected chi connectivity index (χ3v) is 1.46. The highest BCUT2D eigenvalue weighted by molar-refractivity contribution is 4.63. The van der Waals surface area contributed by atoms with Crippen molar-refractivity contribution in [2.75, 3.05) is 19.7 Å². The number of rotatable bonds is 1. The summed E-state index contributed by atoms with van der Waals surface area (Å²) in [4.78, 5) is 0. The Hall–Kier alpha value is -0.0800. The van der Waals surface area contributed by atoms with Crippen LogP contribution in [-0.4, -0.2) is 25.8 Å². The van der Waals surface area contributed by atoms with Crippen LogP contribution in [0.15, 0.2) is 0 Å². The molecule has 0 aromatic carbocycles. The lowest BCUT2D eigenvalue weighted by atomic mass is 10.2. The van der Waals surface area contributed by atoms with Gasteiger partial charge < -0.3 is 10.1 Å². The molecular weight excluding hydrogens is 102 g/mol. The van der Waals surface area contributed by atoms with Crippen molar-refractivity contribution in [1.29, 1.82) is 0 Å². The largest absolute Gasteiger partial charge is 0.376 e. The van der Waals surface area contributed by atoms with E-state index in [-0.39, 0.29) is 1.43 Å². The molecule has 1 aliphatic heterocycles. The third-order valence-electron chi connectivity index (χ3n) is 1.46. The Morgan fingerprint density at radius 1 is 2.00 bits per heavy atom. The molecule has 0 aliphatic carbocycles. The summed E-state index contributed by atoms with van der Waals surface area (Å²) in [5, 5.41) is 3.26. The number of nitrogens with one attached hydrogen (secondary N) is 1. The second-order valence-electron chi connectivity index (χ2n) is 2.11. The Morgan fingerprint density at radius 2 is 2.88 bits per heavy atom. The van der Waals surface area contributed by atoms with Crippen LogP contribution in [-0.2, 0) is 4.74 Å². The van der Waals surface area contributed by atoms with E-state index in [0.29, 0.717) is 6.10 Å². The van der Waals surface area contributed by atoms with Gasteiger partial charge in [0, 0.05) is 29.4 Å². The van der Waals surface area contributed by atoms with Gasteiger partial charge >= 0.3 is 0 Å². The van der Waals surface area contributed by atoms with Crippen LogP contribution in [0.1, 0.15) is 29.6 Å². The van der Waals surface area contributed by atoms with Crippen molar-refractivity contribution in [3.63, 3.8) is 0 Å². The van der Waals surface area contributed by atoms with Gasteiger partial charge in [0.05, 0.1) is 12.7 Å². The summed E-state index contributed by atoms with van der Waals surface area (Å²) in [5.41, 5.74) is 0. The lowest BCUT2D eigenvalue weighted by molar-refractivity contribution is 0.0267. The van der Waals surface area contributed by atoms with Crippen LogP contribution in [0.5, 0.6) is 0 Å². The van der Waals surface area contributed by atoms with Gasteiger partial charge in [-0.25, -0.2) is 0 Å². The van der Waals surface area contributed by atoms with Gasteiger partial charge in [0.25, 0.3) is 0 Å². The molecule has 1 rings (SSSR count). The van der Waals surface area contributed by atoms with E-state index in [9.17, 15) is 0 Å². The van der Waals surface area contributed by atoms with E-state index in [1.807, 2.05) is 0 Å². The number of hydrogen-bond donors (Lipinski definition) is 1. The summed E-state index contributed by atoms with van der Waals surface area (Å²) < 4.78 is 55.4. The second-order valence-corrected chi connectivity index (χ2v) is 2.11. The molecule has 60 valence electrons. The molecule has 2 heteroatoms. The first-order valence-electron chi connectivity index (χ1n) is 8.26. The highest BCUT2D eigenvalue weighted by Gasteiger charge is 2.08. The zero-order valence-electron chi connectivity index (χ0n) is 15.3. The fourth-order valence-electron chi connectivity index (χ4n) is 0.882. The molecule has 8 heavy (non-hydrogen) atoms. The summed E-state index contributed by atoms with van der Waals surface area (Å²) in [6.45, 7) is 5.10. The molecule has 2 nitrogen and oxygen atoms in total. The van der Waals surface area contributed by atoms with Crippen LogP contribution in [0.25, 0.3) is 0 Å². The van der Waals surface area contributed by atoms with Crippen molar-refractivity contribution < 1.29 is 21.0 Å². The average Bonchev–Trinajstić information content (AvgIpc) is 2.57. The zero-order chi connectivity index (χ0) is 15.8. The minimum absolute atomic E-state index is 0. The van der Waals surface area contributed by atoms with Gasteiger partial charge in [0.1, 0.15) is 0 Å². The molecule has 1 N–H and O–H groups in total. The number of ether oxygens (including phenoxy) is 1. The van der Waals surface area contributed by atoms with Crippen LogP contribution in [0, 0.1) is 0 Å². The van der Waals surface area contributed by atoms with Crippen molar-refractivity contribution in [2.24, 2.45) is 0 Å². The second kappa shape index (κ2) is 3.05. The van der Waals surface area contributed by atoms with E-state index >= 15 is 0 Å². The number of hydrogen-bond acceptors (Lipinski definition) is 2. The molecule has 1 unspecified atom stereocenters. The molecular formula is C6H25NO. The maximum Gasteiger partial charge on any atom is 0.0697 e. The Labute approximate surface area is 67.1 Å². The highest BCUT2D eigenvalue weighted by atomic mass is 16.5. The fourth-order valence-corrected chi connectivity index (χ4v) is 0.882. The van der Waals surface area contributed by atoms with Gasteiger partial charge in [0.2, 0.25) is 0 Å². The Bertz CT molecular complexity index is 78.2. The predicted molar refractivity (Wildman–Crippen MR) is 45.6 cm³/mol. The summed E-state index contributed by atoms with van der Waals surface area (Å²) in [6.07, 6.45) is 1.61. The molecule has 0 amide bonds. The highest BCUT2D eigenvalue weighted by Crippen LogP contribution is 1.98. The minimum atomic E-state index is 0. The lowest BCUT2D eigenvalue weighted by Gasteiger charge is -2.21. The van der Waals surface area contributed by atoms with E-state index in [1.54, 1.807) is 0 Å². The van der Waals surface area contributed by atoms with Gasteiger partial charge in [-0.1, -0.05) is 6.92 Å². The van der Waals surface area contributed by atoms with Gasteiger partial charge in [-0.05, 0) is 6.42 Å². The molecule has 1 fully saturated rings. The van der Waals surface area contributed by atoms with Crippen LogP contribution < -0.4 is 5.32 Å². The first kappa shape index (κ1) is 2.27. The molecule has 0 bridgehead atoms. The van der Waals surface area contributed by atoms with Gasteiger partial charge in [-0.2, -0.15) is 0 Å². The quantitative estimate of drug-likeness (QED) is 0.597. The fraction of sp³-hybridized carbons (Fsp3) is 1.00. The summed E-state index contributed by atoms with van der Waals surface area (Å²) >= 11 is 0. The molecule has 0 spiro atoms. The smallest absolute Gasteiger partial charge is 0.0697 e. The first-order valence-corrected chi connectivity index (χ1v) is 3.26. The van der Waals surface area contributed by atoms with Gasteiger partial charge in [0.15, 0.2) is 0 Å². The Morgan fingerprint density at radius 3 is 3.25 bits per heavy atom. The maximum absolute atomic E-state index is 5.36. The Kier molecular flexibility index (Phi) is 0.866. The Balaban J connectivity index is -0.0000000332. The molecule has 1 saturated heterocycles. The standard InChI is InChI=1S/C6H13NO.6H2/c1-2-6-5-7-3-4-8-6;;;;;;/h6-7H,2-5H2,1H3;6*1H/i;5*1+1D;1+1. The van der Waals surface area contributed by atoms with Crippen LogP contribution in [0.4, 0.5) is 0 Å². The first-order chi connectivity index (χ1) is 8.93. The molecule has 0 aromatic rings. The van der Waals surface area contributed by atoms with Crippen molar-refractivity contribution >= 4 is 0 Å². The maximum atomic E-state index is 5.36. The summed E-state index contributed by atoms with van der Waals surface area (Å²) in [5.74, 6) is 0. The van der Waals surface area contributed by atoms with Crippen molar-refractivity contribution in [3.05, 3.63) is 0 Å². The van der Waals surface area contributed by atoms with E-state index in [4.69, 9.17) is 19.6 Å². The molecule has 1 heterocycles. The van der Waals surface area contributed by atoms with E-state index in [2.05, 4.69) is 12.2 Å². The van der Waals surface area contributed by atoms with Crippen LogP contribution >= 0.6 is 0 Å².